The highest BCUT2D eigenvalue weighted by Gasteiger charge is 2.05. The van der Waals surface area contributed by atoms with E-state index < -0.39 is 0 Å². The first-order valence-electron chi connectivity index (χ1n) is 7.50. The fraction of sp³-hybridized carbons (Fsp3) is 0.111. The highest BCUT2D eigenvalue weighted by Crippen LogP contribution is 2.26. The summed E-state index contributed by atoms with van der Waals surface area (Å²) in [5.74, 6) is 0.243. The first-order chi connectivity index (χ1) is 11.9. The third kappa shape index (κ3) is 3.27. The molecule has 0 unspecified atom stereocenters. The predicted molar refractivity (Wildman–Crippen MR) is 99.8 cm³/mol. The molecule has 0 bridgehead atoms. The molecule has 0 aliphatic rings. The van der Waals surface area contributed by atoms with E-state index in [1.807, 2.05) is 19.9 Å². The van der Waals surface area contributed by atoms with E-state index in [1.54, 1.807) is 24.3 Å². The van der Waals surface area contributed by atoms with Gasteiger partial charge in [0.2, 0.25) is 5.56 Å². The van der Waals surface area contributed by atoms with Gasteiger partial charge in [-0.15, -0.1) is 0 Å². The zero-order chi connectivity index (χ0) is 18.1. The molecule has 4 rings (SSSR count). The lowest BCUT2D eigenvalue weighted by Gasteiger charge is -2.02. The molecule has 0 saturated carbocycles. The normalized spacial score (nSPS) is 10.6. The number of aromatic hydroxyl groups is 2. The van der Waals surface area contributed by atoms with Crippen LogP contribution in [0.1, 0.15) is 11.1 Å². The second-order valence-electron chi connectivity index (χ2n) is 5.63. The van der Waals surface area contributed by atoms with Crippen LogP contribution in [-0.2, 0) is 0 Å². The van der Waals surface area contributed by atoms with E-state index in [9.17, 15) is 19.8 Å². The summed E-state index contributed by atoms with van der Waals surface area (Å²) in [6.45, 7) is 3.84. The number of aromatic amines is 2. The maximum Gasteiger partial charge on any atom is 0.305 e. The van der Waals surface area contributed by atoms with Gasteiger partial charge in [0.1, 0.15) is 17.0 Å². The Bertz CT molecular complexity index is 1150. The summed E-state index contributed by atoms with van der Waals surface area (Å²) in [6.07, 6.45) is 0. The average molecular weight is 356 g/mol. The van der Waals surface area contributed by atoms with Gasteiger partial charge in [-0.25, -0.2) is 0 Å². The first-order valence-corrected chi connectivity index (χ1v) is 8.31. The van der Waals surface area contributed by atoms with Crippen molar-refractivity contribution in [3.63, 3.8) is 0 Å². The molecule has 7 heteroatoms. The number of fused-ring (bicyclic) bond motifs is 2. The highest BCUT2D eigenvalue weighted by atomic mass is 32.1. The first kappa shape index (κ1) is 16.8. The van der Waals surface area contributed by atoms with Crippen LogP contribution < -0.4 is 10.4 Å². The molecule has 6 nitrogen and oxygen atoms in total. The molecule has 2 aromatic heterocycles. The molecule has 2 aromatic carbocycles. The highest BCUT2D eigenvalue weighted by molar-refractivity contribution is 7.16. The molecule has 0 spiro atoms. The molecule has 2 heterocycles. The van der Waals surface area contributed by atoms with Crippen molar-refractivity contribution in [1.29, 1.82) is 0 Å². The van der Waals surface area contributed by atoms with Crippen LogP contribution in [0.5, 0.6) is 11.5 Å². The Balaban J connectivity index is 0.000000146. The van der Waals surface area contributed by atoms with E-state index >= 15 is 0 Å². The number of hydrogen-bond donors (Lipinski definition) is 4. The summed E-state index contributed by atoms with van der Waals surface area (Å²) in [5.41, 5.74) is 2.89. The minimum atomic E-state index is -0.201. The van der Waals surface area contributed by atoms with E-state index in [4.69, 9.17) is 0 Å². The smallest absolute Gasteiger partial charge is 0.305 e. The Kier molecular flexibility index (Phi) is 4.33. The maximum absolute atomic E-state index is 11.0. The topological polar surface area (TPSA) is 106 Å². The van der Waals surface area contributed by atoms with Crippen LogP contribution in [0.3, 0.4) is 0 Å². The number of H-pyrrole nitrogens is 2. The quantitative estimate of drug-likeness (QED) is 0.388. The number of hydrogen-bond acceptors (Lipinski definition) is 5. The van der Waals surface area contributed by atoms with Gasteiger partial charge in [0.05, 0.1) is 10.2 Å². The van der Waals surface area contributed by atoms with Gasteiger partial charge in [-0.05, 0) is 43.2 Å². The zero-order valence-electron chi connectivity index (χ0n) is 13.6. The molecule has 0 radical (unpaired) electrons. The largest absolute Gasteiger partial charge is 0.506 e. The average Bonchev–Trinajstić information content (AvgIpc) is 2.98. The van der Waals surface area contributed by atoms with Crippen molar-refractivity contribution in [2.45, 2.75) is 13.8 Å². The molecule has 4 N–H and O–H groups in total. The van der Waals surface area contributed by atoms with Crippen molar-refractivity contribution in [3.8, 4) is 11.5 Å². The summed E-state index contributed by atoms with van der Waals surface area (Å²) < 4.78 is 0.833. The second-order valence-corrected chi connectivity index (χ2v) is 6.62. The van der Waals surface area contributed by atoms with Crippen molar-refractivity contribution in [3.05, 3.63) is 67.5 Å². The minimum Gasteiger partial charge on any atom is -0.506 e. The number of pyridine rings is 1. The molecular weight excluding hydrogens is 340 g/mol. The third-order valence-electron chi connectivity index (χ3n) is 3.85. The Morgan fingerprint density at radius 1 is 0.800 bits per heavy atom. The predicted octanol–water partition coefficient (Wildman–Crippen LogP) is 3.15. The van der Waals surface area contributed by atoms with E-state index in [2.05, 4.69) is 9.97 Å². The summed E-state index contributed by atoms with van der Waals surface area (Å²) in [5, 5.41) is 19.7. The van der Waals surface area contributed by atoms with Gasteiger partial charge >= 0.3 is 4.87 Å². The lowest BCUT2D eigenvalue weighted by molar-refractivity contribution is 0.480. The number of rotatable bonds is 0. The van der Waals surface area contributed by atoms with Crippen LogP contribution in [0.4, 0.5) is 0 Å². The molecule has 0 fully saturated rings. The molecule has 0 amide bonds. The Morgan fingerprint density at radius 3 is 2.12 bits per heavy atom. The lowest BCUT2D eigenvalue weighted by atomic mass is 10.1. The molecule has 128 valence electrons. The van der Waals surface area contributed by atoms with E-state index in [0.29, 0.717) is 11.0 Å². The molecule has 0 saturated heterocycles. The SMILES string of the molecule is Cc1ccc(O)c2[nH]c(=O)ccc12.Cc1ccc(O)c2[nH]c(=O)sc12. The molecule has 0 aliphatic heterocycles. The third-order valence-corrected chi connectivity index (χ3v) is 4.86. The minimum absolute atomic E-state index is 0.110. The standard InChI is InChI=1S/C10H9NO2.C8H7NO2S/c1-6-2-4-8(12)10-7(6)3-5-9(13)11-10;1-4-2-3-5(10)6-7(4)12-8(11)9-6/h2-5,12H,1H3,(H,11,13);2-3,10H,1H3,(H,9,11). The molecule has 0 atom stereocenters. The lowest BCUT2D eigenvalue weighted by Crippen LogP contribution is -2.02. The molecule has 25 heavy (non-hydrogen) atoms. The second kappa shape index (κ2) is 6.45. The number of aromatic nitrogens is 2. The van der Waals surface area contributed by atoms with Gasteiger partial charge in [0, 0.05) is 11.5 Å². The van der Waals surface area contributed by atoms with Crippen molar-refractivity contribution in [1.82, 2.24) is 9.97 Å². The Hall–Kier alpha value is -3.06. The van der Waals surface area contributed by atoms with Crippen LogP contribution in [0.15, 0.2) is 46.0 Å². The molecular formula is C18H16N2O4S. The van der Waals surface area contributed by atoms with Gasteiger partial charge in [-0.3, -0.25) is 9.59 Å². The van der Waals surface area contributed by atoms with Gasteiger partial charge in [0.15, 0.2) is 0 Å². The van der Waals surface area contributed by atoms with Gasteiger partial charge < -0.3 is 20.2 Å². The number of benzene rings is 2. The summed E-state index contributed by atoms with van der Waals surface area (Å²) in [4.78, 5) is 27.0. The number of aryl methyl sites for hydroxylation is 2. The summed E-state index contributed by atoms with van der Waals surface area (Å²) in [7, 11) is 0. The van der Waals surface area contributed by atoms with E-state index in [0.717, 1.165) is 32.5 Å². The summed E-state index contributed by atoms with van der Waals surface area (Å²) >= 11 is 1.12. The number of thiazole rings is 1. The Labute approximate surface area is 146 Å². The Morgan fingerprint density at radius 2 is 1.44 bits per heavy atom. The van der Waals surface area contributed by atoms with Crippen LogP contribution in [0, 0.1) is 13.8 Å². The van der Waals surface area contributed by atoms with Crippen molar-refractivity contribution < 1.29 is 10.2 Å². The van der Waals surface area contributed by atoms with Crippen LogP contribution >= 0.6 is 11.3 Å². The summed E-state index contributed by atoms with van der Waals surface area (Å²) in [6, 6.07) is 9.93. The molecule has 4 aromatic rings. The maximum atomic E-state index is 11.0. The van der Waals surface area contributed by atoms with E-state index in [1.165, 1.54) is 6.07 Å². The van der Waals surface area contributed by atoms with E-state index in [-0.39, 0.29) is 21.9 Å². The zero-order valence-corrected chi connectivity index (χ0v) is 14.4. The monoisotopic (exact) mass is 356 g/mol. The van der Waals surface area contributed by atoms with Crippen molar-refractivity contribution >= 4 is 32.5 Å². The van der Waals surface area contributed by atoms with Crippen LogP contribution in [0.25, 0.3) is 21.1 Å². The van der Waals surface area contributed by atoms with Gasteiger partial charge in [-0.1, -0.05) is 23.5 Å². The number of phenolic OH excluding ortho intramolecular Hbond substituents is 2. The van der Waals surface area contributed by atoms with Gasteiger partial charge in [0.25, 0.3) is 0 Å². The fourth-order valence-corrected chi connectivity index (χ4v) is 3.36. The number of phenols is 2. The molecule has 0 aliphatic carbocycles. The van der Waals surface area contributed by atoms with Crippen molar-refractivity contribution in [2.75, 3.05) is 0 Å². The van der Waals surface area contributed by atoms with Crippen LogP contribution in [-0.4, -0.2) is 20.2 Å². The fourth-order valence-electron chi connectivity index (χ4n) is 2.53. The van der Waals surface area contributed by atoms with Crippen LogP contribution in [0.2, 0.25) is 0 Å². The van der Waals surface area contributed by atoms with Crippen molar-refractivity contribution in [2.24, 2.45) is 0 Å². The number of nitrogens with one attached hydrogen (secondary N) is 2. The van der Waals surface area contributed by atoms with Gasteiger partial charge in [-0.2, -0.15) is 0 Å².